The third-order valence-corrected chi connectivity index (χ3v) is 7.68. The standard InChI is InChI=1S/C23H29N3O2S/c1-16-21(29-20(24-16)15-18-9-5-4-6-10-18)22(28)26-14-7-11-19-23(26,3)12-8-13-25(19)17(2)27/h4-6,9-10,19H,7-8,11-15H2,1-3H3/t19-,23+/m1/s1. The van der Waals surface area contributed by atoms with Gasteiger partial charge in [-0.2, -0.15) is 0 Å². The van der Waals surface area contributed by atoms with Gasteiger partial charge in [-0.15, -0.1) is 11.3 Å². The summed E-state index contributed by atoms with van der Waals surface area (Å²) in [5.41, 5.74) is 1.72. The number of carbonyl (C=O) groups excluding carboxylic acids is 2. The van der Waals surface area contributed by atoms with E-state index >= 15 is 0 Å². The summed E-state index contributed by atoms with van der Waals surface area (Å²) in [6.07, 6.45) is 4.54. The molecule has 4 rings (SSSR count). The minimum absolute atomic E-state index is 0.0805. The van der Waals surface area contributed by atoms with Gasteiger partial charge in [0.1, 0.15) is 4.88 Å². The number of hydrogen-bond acceptors (Lipinski definition) is 4. The number of piperidine rings is 2. The number of carbonyl (C=O) groups is 2. The van der Waals surface area contributed by atoms with Crippen LogP contribution in [0, 0.1) is 6.92 Å². The number of fused-ring (bicyclic) bond motifs is 1. The minimum atomic E-state index is -0.296. The number of rotatable bonds is 3. The molecule has 0 radical (unpaired) electrons. The molecule has 0 spiro atoms. The lowest BCUT2D eigenvalue weighted by atomic mass is 9.76. The van der Waals surface area contributed by atoms with Crippen LogP contribution in [-0.4, -0.2) is 51.3 Å². The molecule has 2 atom stereocenters. The lowest BCUT2D eigenvalue weighted by molar-refractivity contribution is -0.140. The molecule has 2 amide bonds. The Hall–Kier alpha value is -2.21. The Morgan fingerprint density at radius 1 is 1.21 bits per heavy atom. The number of likely N-dealkylation sites (tertiary alicyclic amines) is 2. The van der Waals surface area contributed by atoms with Crippen LogP contribution in [0.25, 0.3) is 0 Å². The molecular formula is C23H29N3O2S. The van der Waals surface area contributed by atoms with Gasteiger partial charge in [0.25, 0.3) is 5.91 Å². The van der Waals surface area contributed by atoms with Crippen LogP contribution in [0.3, 0.4) is 0 Å². The quantitative estimate of drug-likeness (QED) is 0.766. The van der Waals surface area contributed by atoms with Crippen molar-refractivity contribution in [3.63, 3.8) is 0 Å². The number of aryl methyl sites for hydroxylation is 1. The highest BCUT2D eigenvalue weighted by atomic mass is 32.1. The van der Waals surface area contributed by atoms with Crippen molar-refractivity contribution in [2.24, 2.45) is 0 Å². The van der Waals surface area contributed by atoms with Crippen LogP contribution in [0.15, 0.2) is 30.3 Å². The highest BCUT2D eigenvalue weighted by molar-refractivity contribution is 7.13. The second kappa shape index (κ2) is 7.90. The Labute approximate surface area is 176 Å². The SMILES string of the molecule is CC(=O)N1CCC[C@@]2(C)[C@H]1CCCN2C(=O)c1sc(Cc2ccccc2)nc1C. The average molecular weight is 412 g/mol. The molecule has 0 aliphatic carbocycles. The third-order valence-electron chi connectivity index (χ3n) is 6.53. The van der Waals surface area contributed by atoms with Crippen molar-refractivity contribution in [3.05, 3.63) is 51.5 Å². The maximum atomic E-state index is 13.6. The maximum Gasteiger partial charge on any atom is 0.266 e. The summed E-state index contributed by atoms with van der Waals surface area (Å²) in [5.74, 6) is 0.200. The van der Waals surface area contributed by atoms with Gasteiger partial charge in [-0.25, -0.2) is 4.98 Å². The number of hydrogen-bond donors (Lipinski definition) is 0. The predicted octanol–water partition coefficient (Wildman–Crippen LogP) is 4.05. The summed E-state index contributed by atoms with van der Waals surface area (Å²) in [4.78, 5) is 35.3. The van der Waals surface area contributed by atoms with E-state index in [-0.39, 0.29) is 23.4 Å². The number of aromatic nitrogens is 1. The van der Waals surface area contributed by atoms with E-state index in [0.29, 0.717) is 0 Å². The van der Waals surface area contributed by atoms with Crippen LogP contribution >= 0.6 is 11.3 Å². The van der Waals surface area contributed by atoms with Gasteiger partial charge >= 0.3 is 0 Å². The fourth-order valence-corrected chi connectivity index (χ4v) is 6.12. The number of thiazole rings is 1. The first-order valence-corrected chi connectivity index (χ1v) is 11.3. The van der Waals surface area contributed by atoms with Gasteiger partial charge in [0.05, 0.1) is 22.3 Å². The summed E-state index contributed by atoms with van der Waals surface area (Å²) >= 11 is 1.52. The first-order chi connectivity index (χ1) is 13.9. The Bertz CT molecular complexity index is 910. The molecule has 154 valence electrons. The Morgan fingerprint density at radius 3 is 2.69 bits per heavy atom. The molecule has 0 saturated carbocycles. The molecule has 0 bridgehead atoms. The average Bonchev–Trinajstić information content (AvgIpc) is 3.06. The van der Waals surface area contributed by atoms with Crippen LogP contribution in [-0.2, 0) is 11.2 Å². The van der Waals surface area contributed by atoms with Crippen molar-refractivity contribution in [3.8, 4) is 0 Å². The van der Waals surface area contributed by atoms with Crippen LogP contribution in [0.5, 0.6) is 0 Å². The van der Waals surface area contributed by atoms with E-state index in [9.17, 15) is 9.59 Å². The molecule has 2 aromatic rings. The highest BCUT2D eigenvalue weighted by Crippen LogP contribution is 2.40. The second-order valence-electron chi connectivity index (χ2n) is 8.47. The van der Waals surface area contributed by atoms with Gasteiger partial charge in [-0.1, -0.05) is 30.3 Å². The predicted molar refractivity (Wildman–Crippen MR) is 115 cm³/mol. The minimum Gasteiger partial charge on any atom is -0.338 e. The fraction of sp³-hybridized carbons (Fsp3) is 0.522. The van der Waals surface area contributed by atoms with Crippen LogP contribution in [0.1, 0.15) is 65.5 Å². The van der Waals surface area contributed by atoms with Crippen LogP contribution in [0.4, 0.5) is 0 Å². The Kier molecular flexibility index (Phi) is 5.47. The molecule has 2 aliphatic rings. The summed E-state index contributed by atoms with van der Waals surface area (Å²) < 4.78 is 0. The van der Waals surface area contributed by atoms with E-state index < -0.39 is 0 Å². The Balaban J connectivity index is 1.60. The van der Waals surface area contributed by atoms with E-state index in [0.717, 1.165) is 60.8 Å². The normalized spacial score (nSPS) is 24.3. The smallest absolute Gasteiger partial charge is 0.266 e. The summed E-state index contributed by atoms with van der Waals surface area (Å²) in [6, 6.07) is 10.4. The second-order valence-corrected chi connectivity index (χ2v) is 9.56. The first-order valence-electron chi connectivity index (χ1n) is 10.5. The lowest BCUT2D eigenvalue weighted by Gasteiger charge is -2.56. The zero-order valence-corrected chi connectivity index (χ0v) is 18.3. The molecule has 2 saturated heterocycles. The van der Waals surface area contributed by atoms with Crippen molar-refractivity contribution in [2.75, 3.05) is 13.1 Å². The highest BCUT2D eigenvalue weighted by Gasteiger charge is 2.50. The van der Waals surface area contributed by atoms with Crippen LogP contribution in [0.2, 0.25) is 0 Å². The van der Waals surface area contributed by atoms with Crippen molar-refractivity contribution < 1.29 is 9.59 Å². The largest absolute Gasteiger partial charge is 0.338 e. The molecule has 2 aliphatic heterocycles. The van der Waals surface area contributed by atoms with Gasteiger partial charge in [-0.05, 0) is 45.1 Å². The maximum absolute atomic E-state index is 13.6. The topological polar surface area (TPSA) is 53.5 Å². The van der Waals surface area contributed by atoms with E-state index in [1.165, 1.54) is 16.9 Å². The van der Waals surface area contributed by atoms with Gasteiger partial charge in [-0.3, -0.25) is 9.59 Å². The van der Waals surface area contributed by atoms with Gasteiger partial charge in [0.2, 0.25) is 5.91 Å². The van der Waals surface area contributed by atoms with Gasteiger partial charge in [0, 0.05) is 26.4 Å². The lowest BCUT2D eigenvalue weighted by Crippen LogP contribution is -2.68. The number of benzene rings is 1. The first kappa shape index (κ1) is 20.1. The monoisotopic (exact) mass is 411 g/mol. The van der Waals surface area contributed by atoms with E-state index in [2.05, 4.69) is 19.1 Å². The molecule has 2 fully saturated rings. The van der Waals surface area contributed by atoms with Crippen molar-refractivity contribution in [1.29, 1.82) is 0 Å². The molecule has 0 N–H and O–H groups in total. The molecule has 5 nitrogen and oxygen atoms in total. The van der Waals surface area contributed by atoms with Crippen LogP contribution < -0.4 is 0 Å². The number of nitrogens with zero attached hydrogens (tertiary/aromatic N) is 3. The summed E-state index contributed by atoms with van der Waals surface area (Å²) in [7, 11) is 0. The van der Waals surface area contributed by atoms with Crippen molar-refractivity contribution in [1.82, 2.24) is 14.8 Å². The molecular weight excluding hydrogens is 382 g/mol. The molecule has 1 aromatic carbocycles. The van der Waals surface area contributed by atoms with Crippen molar-refractivity contribution >= 4 is 23.2 Å². The Morgan fingerprint density at radius 2 is 1.97 bits per heavy atom. The van der Waals surface area contributed by atoms with Gasteiger partial charge < -0.3 is 9.80 Å². The fourth-order valence-electron chi connectivity index (χ4n) is 5.08. The number of amides is 2. The zero-order chi connectivity index (χ0) is 20.6. The molecule has 0 unspecified atom stereocenters. The summed E-state index contributed by atoms with van der Waals surface area (Å²) in [5, 5.41) is 0.977. The van der Waals surface area contributed by atoms with E-state index in [1.54, 1.807) is 6.92 Å². The van der Waals surface area contributed by atoms with Crippen molar-refractivity contribution in [2.45, 2.75) is 64.5 Å². The van der Waals surface area contributed by atoms with E-state index in [1.807, 2.05) is 34.9 Å². The summed E-state index contributed by atoms with van der Waals surface area (Å²) in [6.45, 7) is 7.31. The van der Waals surface area contributed by atoms with Gasteiger partial charge in [0.15, 0.2) is 0 Å². The zero-order valence-electron chi connectivity index (χ0n) is 17.5. The molecule has 29 heavy (non-hydrogen) atoms. The van der Waals surface area contributed by atoms with E-state index in [4.69, 9.17) is 4.98 Å². The molecule has 6 heteroatoms. The third kappa shape index (κ3) is 3.70. The molecule has 3 heterocycles. The molecule has 1 aromatic heterocycles.